The number of carbonyl (C=O) groups excluding carboxylic acids is 2. The first-order chi connectivity index (χ1) is 18.9. The third kappa shape index (κ3) is 5.63. The number of carboxylic acid groups (broad SMARTS) is 1. The van der Waals surface area contributed by atoms with Gasteiger partial charge in [-0.3, -0.25) is 9.59 Å². The van der Waals surface area contributed by atoms with Crippen molar-refractivity contribution in [2.75, 3.05) is 13.2 Å². The molecular formula is C30H30N4O5. The molecule has 6 N–H and O–H groups in total. The van der Waals surface area contributed by atoms with Crippen LogP contribution in [-0.4, -0.2) is 53.3 Å². The Hall–Kier alpha value is -4.63. The van der Waals surface area contributed by atoms with Crippen LogP contribution in [0.2, 0.25) is 0 Å². The molecule has 0 fully saturated rings. The average Bonchev–Trinajstić information content (AvgIpc) is 3.50. The summed E-state index contributed by atoms with van der Waals surface area (Å²) in [4.78, 5) is 40.3. The number of rotatable bonds is 10. The highest BCUT2D eigenvalue weighted by atomic mass is 16.5. The van der Waals surface area contributed by atoms with Crippen molar-refractivity contribution in [1.29, 1.82) is 0 Å². The van der Waals surface area contributed by atoms with Crippen molar-refractivity contribution in [3.8, 4) is 11.1 Å². The van der Waals surface area contributed by atoms with Gasteiger partial charge in [-0.1, -0.05) is 66.7 Å². The van der Waals surface area contributed by atoms with Crippen LogP contribution in [0.3, 0.4) is 0 Å². The van der Waals surface area contributed by atoms with Crippen molar-refractivity contribution in [3.63, 3.8) is 0 Å². The number of para-hydroxylation sites is 1. The van der Waals surface area contributed by atoms with Gasteiger partial charge in [-0.25, -0.2) is 4.79 Å². The zero-order chi connectivity index (χ0) is 27.4. The second-order valence-corrected chi connectivity index (χ2v) is 9.61. The summed E-state index contributed by atoms with van der Waals surface area (Å²) in [7, 11) is 0. The number of carbonyl (C=O) groups is 3. The first-order valence-electron chi connectivity index (χ1n) is 12.8. The second kappa shape index (κ2) is 11.4. The quantitative estimate of drug-likeness (QED) is 0.214. The van der Waals surface area contributed by atoms with E-state index < -0.39 is 30.1 Å². The predicted molar refractivity (Wildman–Crippen MR) is 147 cm³/mol. The highest BCUT2D eigenvalue weighted by Crippen LogP contribution is 2.44. The normalized spacial score (nSPS) is 13.8. The van der Waals surface area contributed by atoms with Crippen LogP contribution in [0.25, 0.3) is 22.0 Å². The summed E-state index contributed by atoms with van der Waals surface area (Å²) in [6.07, 6.45) is 1.38. The van der Waals surface area contributed by atoms with E-state index in [9.17, 15) is 14.4 Å². The zero-order valence-electron chi connectivity index (χ0n) is 21.2. The number of aliphatic carboxylic acids is 1. The van der Waals surface area contributed by atoms with E-state index >= 15 is 0 Å². The maximum absolute atomic E-state index is 13.1. The zero-order valence-corrected chi connectivity index (χ0v) is 21.2. The number of nitrogens with one attached hydrogen (secondary N) is 3. The lowest BCUT2D eigenvalue weighted by molar-refractivity contribution is -0.138. The molecule has 1 aliphatic carbocycles. The molecule has 200 valence electrons. The molecule has 1 aromatic heterocycles. The van der Waals surface area contributed by atoms with Gasteiger partial charge in [0.25, 0.3) is 0 Å². The van der Waals surface area contributed by atoms with Crippen LogP contribution in [-0.2, 0) is 20.7 Å². The fourth-order valence-corrected chi connectivity index (χ4v) is 5.11. The average molecular weight is 527 g/mol. The predicted octanol–water partition coefficient (Wildman–Crippen LogP) is 3.54. The lowest BCUT2D eigenvalue weighted by Gasteiger charge is -2.20. The number of ether oxygens (including phenoxy) is 1. The maximum atomic E-state index is 13.1. The third-order valence-electron chi connectivity index (χ3n) is 7.12. The van der Waals surface area contributed by atoms with E-state index in [0.717, 1.165) is 38.7 Å². The molecule has 3 aromatic carbocycles. The van der Waals surface area contributed by atoms with E-state index in [0.29, 0.717) is 0 Å². The minimum Gasteiger partial charge on any atom is -0.480 e. The van der Waals surface area contributed by atoms with Gasteiger partial charge in [-0.15, -0.1) is 0 Å². The summed E-state index contributed by atoms with van der Waals surface area (Å²) in [5, 5.41) is 15.4. The lowest BCUT2D eigenvalue weighted by Crippen LogP contribution is -2.49. The fraction of sp³-hybridized carbons (Fsp3) is 0.233. The van der Waals surface area contributed by atoms with Crippen LogP contribution in [0.5, 0.6) is 0 Å². The number of nitrogens with two attached hydrogens (primary N) is 1. The van der Waals surface area contributed by atoms with Crippen molar-refractivity contribution in [2.45, 2.75) is 30.8 Å². The summed E-state index contributed by atoms with van der Waals surface area (Å²) < 4.78 is 5.67. The summed E-state index contributed by atoms with van der Waals surface area (Å²) in [6.45, 7) is 0.178. The Morgan fingerprint density at radius 2 is 1.59 bits per heavy atom. The summed E-state index contributed by atoms with van der Waals surface area (Å²) in [6, 6.07) is 21.8. The van der Waals surface area contributed by atoms with Crippen LogP contribution in [0.1, 0.15) is 29.0 Å². The first-order valence-corrected chi connectivity index (χ1v) is 12.8. The molecule has 9 heteroatoms. The minimum atomic E-state index is -1.14. The number of hydrogen-bond acceptors (Lipinski definition) is 5. The Labute approximate surface area is 225 Å². The Kier molecular flexibility index (Phi) is 7.60. The number of H-pyrrole nitrogens is 1. The van der Waals surface area contributed by atoms with Gasteiger partial charge in [-0.05, 0) is 40.3 Å². The molecule has 2 amide bonds. The van der Waals surface area contributed by atoms with Crippen molar-refractivity contribution >= 4 is 28.9 Å². The highest BCUT2D eigenvalue weighted by Gasteiger charge is 2.30. The van der Waals surface area contributed by atoms with Gasteiger partial charge in [0.2, 0.25) is 5.91 Å². The van der Waals surface area contributed by atoms with Crippen LogP contribution >= 0.6 is 0 Å². The van der Waals surface area contributed by atoms with E-state index in [4.69, 9.17) is 15.6 Å². The summed E-state index contributed by atoms with van der Waals surface area (Å²) in [5.74, 6) is -1.70. The maximum Gasteiger partial charge on any atom is 0.407 e. The van der Waals surface area contributed by atoms with Crippen molar-refractivity contribution in [1.82, 2.24) is 15.6 Å². The van der Waals surface area contributed by atoms with Gasteiger partial charge in [-0.2, -0.15) is 0 Å². The van der Waals surface area contributed by atoms with Crippen LogP contribution < -0.4 is 16.4 Å². The lowest BCUT2D eigenvalue weighted by atomic mass is 9.98. The largest absolute Gasteiger partial charge is 0.480 e. The van der Waals surface area contributed by atoms with Crippen LogP contribution in [0.4, 0.5) is 4.79 Å². The summed E-state index contributed by atoms with van der Waals surface area (Å²) >= 11 is 0. The van der Waals surface area contributed by atoms with Crippen molar-refractivity contribution < 1.29 is 24.2 Å². The Bertz CT molecular complexity index is 1470. The molecule has 0 aliphatic heterocycles. The van der Waals surface area contributed by atoms with E-state index in [2.05, 4.69) is 27.8 Å². The second-order valence-electron chi connectivity index (χ2n) is 9.61. The Morgan fingerprint density at radius 1 is 0.949 bits per heavy atom. The van der Waals surface area contributed by atoms with Crippen LogP contribution in [0.15, 0.2) is 79.0 Å². The number of aromatic nitrogens is 1. The molecule has 2 atom stereocenters. The van der Waals surface area contributed by atoms with Crippen LogP contribution in [0, 0.1) is 0 Å². The number of carboxylic acids is 1. The number of benzene rings is 3. The van der Waals surface area contributed by atoms with Gasteiger partial charge in [0, 0.05) is 36.0 Å². The van der Waals surface area contributed by atoms with Gasteiger partial charge < -0.3 is 31.2 Å². The van der Waals surface area contributed by atoms with Crippen molar-refractivity contribution in [2.24, 2.45) is 5.73 Å². The molecule has 0 bridgehead atoms. The molecule has 5 rings (SSSR count). The molecule has 0 saturated carbocycles. The third-order valence-corrected chi connectivity index (χ3v) is 7.12. The molecule has 4 aromatic rings. The topological polar surface area (TPSA) is 147 Å². The van der Waals surface area contributed by atoms with Gasteiger partial charge >= 0.3 is 12.1 Å². The molecule has 0 unspecified atom stereocenters. The smallest absolute Gasteiger partial charge is 0.407 e. The number of aromatic amines is 1. The van der Waals surface area contributed by atoms with Gasteiger partial charge in [0.1, 0.15) is 18.7 Å². The van der Waals surface area contributed by atoms with E-state index in [1.54, 1.807) is 0 Å². The van der Waals surface area contributed by atoms with Gasteiger partial charge in [0.15, 0.2) is 0 Å². The summed E-state index contributed by atoms with van der Waals surface area (Å²) in [5.41, 5.74) is 11.8. The molecule has 0 saturated heterocycles. The fourth-order valence-electron chi connectivity index (χ4n) is 5.11. The molecule has 0 radical (unpaired) electrons. The van der Waals surface area contributed by atoms with E-state index in [1.165, 1.54) is 0 Å². The van der Waals surface area contributed by atoms with E-state index in [-0.39, 0.29) is 31.9 Å². The molecular weight excluding hydrogens is 496 g/mol. The monoisotopic (exact) mass is 526 g/mol. The molecule has 39 heavy (non-hydrogen) atoms. The van der Waals surface area contributed by atoms with Crippen molar-refractivity contribution in [3.05, 3.63) is 95.7 Å². The number of fused-ring (bicyclic) bond motifs is 4. The molecule has 1 aliphatic rings. The number of amides is 2. The number of alkyl carbamates (subject to hydrolysis) is 1. The highest BCUT2D eigenvalue weighted by molar-refractivity contribution is 5.88. The molecule has 1 heterocycles. The van der Waals surface area contributed by atoms with Gasteiger partial charge in [0.05, 0.1) is 0 Å². The van der Waals surface area contributed by atoms with E-state index in [1.807, 2.05) is 66.9 Å². The Morgan fingerprint density at radius 3 is 2.28 bits per heavy atom. The molecule has 9 nitrogen and oxygen atoms in total. The molecule has 0 spiro atoms. The Balaban J connectivity index is 1.28. The minimum absolute atomic E-state index is 0.0586. The standard InChI is InChI=1S/C30H30N4O5/c31-25(29(36)37)13-14-32-28(35)27(15-18-16-33-26-12-6-5-7-19(18)26)34-30(38)39-17-24-22-10-3-1-8-20(22)21-9-2-4-11-23(21)24/h1-12,16,24-25,27,33H,13-15,17,31H2,(H,32,35)(H,34,38)(H,36,37)/t25-,27-/m1/s1. The first kappa shape index (κ1) is 26.0. The SMILES string of the molecule is N[C@H](CCNC(=O)[C@@H](Cc1c[nH]c2ccccc12)NC(=O)OCC1c2ccccc2-c2ccccc21)C(=O)O. The number of hydrogen-bond donors (Lipinski definition) is 5.